The van der Waals surface area contributed by atoms with Crippen molar-refractivity contribution in [3.63, 3.8) is 0 Å². The number of benzene rings is 2. The minimum Gasteiger partial charge on any atom is -0.489 e. The van der Waals surface area contributed by atoms with Gasteiger partial charge in [-0.2, -0.15) is 0 Å². The first-order valence-corrected chi connectivity index (χ1v) is 19.0. The average molecular weight is 829 g/mol. The lowest BCUT2D eigenvalue weighted by Gasteiger charge is -2.26. The second-order valence-electron chi connectivity index (χ2n) is 17.8. The Balaban J connectivity index is 0.000000316. The molecule has 0 fully saturated rings. The highest BCUT2D eigenvalue weighted by atomic mass is 16.6. The van der Waals surface area contributed by atoms with Crippen LogP contribution in [-0.4, -0.2) is 105 Å². The molecule has 6 amide bonds. The Morgan fingerprint density at radius 3 is 1.42 bits per heavy atom. The third kappa shape index (κ3) is 14.7. The van der Waals surface area contributed by atoms with Gasteiger partial charge in [-0.15, -0.1) is 0 Å². The zero-order valence-corrected chi connectivity index (χ0v) is 36.8. The van der Waals surface area contributed by atoms with Gasteiger partial charge in [0.2, 0.25) is 0 Å². The number of fused-ring (bicyclic) bond motifs is 2. The molecular weight excluding hydrogens is 768 g/mol. The Morgan fingerprint density at radius 1 is 0.610 bits per heavy atom. The minimum absolute atomic E-state index is 0.0450. The third-order valence-corrected chi connectivity index (χ3v) is 7.77. The summed E-state index contributed by atoms with van der Waals surface area (Å²) >= 11 is 0. The first-order chi connectivity index (χ1) is 26.9. The van der Waals surface area contributed by atoms with E-state index in [4.69, 9.17) is 28.4 Å². The van der Waals surface area contributed by atoms with Crippen molar-refractivity contribution in [3.8, 4) is 11.5 Å². The van der Waals surface area contributed by atoms with Gasteiger partial charge in [0.15, 0.2) is 0 Å². The van der Waals surface area contributed by atoms with Gasteiger partial charge in [-0.25, -0.2) is 19.2 Å². The standard InChI is InChI=1S/C21H31N3O6.C20H29N3O6/c1-20(2,3)29-18(26)22-14-12-28-16-10-9-13(11-15(16)24(8)17(14)25)23(7)19(27)30-21(4,5)6;1-19(2,3)28-17(25)21-12-8-9-15-14(10-12)23(7)16(24)13(11-27-15)22-18(26)29-20(4,5)6/h9-11,14H,12H2,1-8H3,(H,22,26);8-10,13H,11H2,1-7H3,(H,21,25)(H,22,26)/t14-;13-/m00/s1. The van der Waals surface area contributed by atoms with Crippen molar-refractivity contribution in [2.75, 3.05) is 54.4 Å². The van der Waals surface area contributed by atoms with Gasteiger partial charge < -0.3 is 48.9 Å². The van der Waals surface area contributed by atoms with Crippen molar-refractivity contribution in [1.29, 1.82) is 0 Å². The highest BCUT2D eigenvalue weighted by molar-refractivity contribution is 6.02. The molecule has 2 aliphatic heterocycles. The summed E-state index contributed by atoms with van der Waals surface area (Å²) < 4.78 is 32.5. The number of alkyl carbamates (subject to hydrolysis) is 2. The second-order valence-corrected chi connectivity index (χ2v) is 17.8. The van der Waals surface area contributed by atoms with E-state index < -0.39 is 58.9 Å². The lowest BCUT2D eigenvalue weighted by atomic mass is 10.2. The summed E-state index contributed by atoms with van der Waals surface area (Å²) in [7, 11) is 4.73. The Morgan fingerprint density at radius 2 is 1.00 bits per heavy atom. The molecule has 2 heterocycles. The number of carbonyl (C=O) groups excluding carboxylic acids is 6. The molecule has 0 spiro atoms. The topological polar surface area (TPSA) is 204 Å². The van der Waals surface area contributed by atoms with E-state index >= 15 is 0 Å². The number of ether oxygens (including phenoxy) is 6. The molecule has 59 heavy (non-hydrogen) atoms. The first-order valence-electron chi connectivity index (χ1n) is 19.0. The van der Waals surface area contributed by atoms with Crippen molar-refractivity contribution in [3.05, 3.63) is 36.4 Å². The molecule has 18 nitrogen and oxygen atoms in total. The van der Waals surface area contributed by atoms with Crippen LogP contribution in [0.5, 0.6) is 11.5 Å². The molecule has 0 aromatic heterocycles. The molecule has 4 rings (SSSR count). The fourth-order valence-electron chi connectivity index (χ4n) is 5.24. The van der Waals surface area contributed by atoms with E-state index in [2.05, 4.69) is 16.0 Å². The largest absolute Gasteiger partial charge is 0.489 e. The first kappa shape index (κ1) is 47.4. The van der Waals surface area contributed by atoms with Gasteiger partial charge in [0.1, 0.15) is 59.2 Å². The third-order valence-electron chi connectivity index (χ3n) is 7.77. The van der Waals surface area contributed by atoms with Gasteiger partial charge in [0.25, 0.3) is 11.8 Å². The van der Waals surface area contributed by atoms with Crippen LogP contribution in [0.1, 0.15) is 83.1 Å². The molecule has 0 bridgehead atoms. The van der Waals surface area contributed by atoms with Crippen molar-refractivity contribution >= 4 is 58.9 Å². The zero-order chi connectivity index (χ0) is 44.8. The SMILES string of the molecule is CN(C(=O)OC(C)(C)C)c1ccc2c(c1)N(C)C(=O)[C@@H](NC(=O)OC(C)(C)C)CO2.CN1C(=O)[C@@H](NC(=O)OC(C)(C)C)COc2ccc(NC(=O)OC(C)(C)C)cc21. The number of rotatable bonds is 4. The molecule has 0 aliphatic carbocycles. The van der Waals surface area contributed by atoms with E-state index in [9.17, 15) is 28.8 Å². The Labute approximate surface area is 346 Å². The maximum Gasteiger partial charge on any atom is 0.414 e. The molecule has 2 aliphatic rings. The predicted molar refractivity (Wildman–Crippen MR) is 222 cm³/mol. The summed E-state index contributed by atoms with van der Waals surface area (Å²) in [6, 6.07) is 8.09. The number of carbonyl (C=O) groups is 6. The molecule has 326 valence electrons. The van der Waals surface area contributed by atoms with E-state index in [1.54, 1.807) is 141 Å². The van der Waals surface area contributed by atoms with Crippen LogP contribution in [0, 0.1) is 0 Å². The molecule has 18 heteroatoms. The van der Waals surface area contributed by atoms with E-state index in [0.717, 1.165) is 0 Å². The molecule has 2 atom stereocenters. The van der Waals surface area contributed by atoms with E-state index in [1.807, 2.05) is 0 Å². The number of hydrogen-bond acceptors (Lipinski definition) is 12. The zero-order valence-electron chi connectivity index (χ0n) is 36.8. The fraction of sp³-hybridized carbons (Fsp3) is 0.561. The Kier molecular flexibility index (Phi) is 14.7. The lowest BCUT2D eigenvalue weighted by Crippen LogP contribution is -2.50. The smallest absolute Gasteiger partial charge is 0.414 e. The summed E-state index contributed by atoms with van der Waals surface area (Å²) in [6.45, 7) is 21.0. The van der Waals surface area contributed by atoms with Crippen LogP contribution in [0.4, 0.5) is 41.9 Å². The average Bonchev–Trinajstić information content (AvgIpc) is 3.25. The maximum atomic E-state index is 12.9. The number of anilines is 4. The van der Waals surface area contributed by atoms with Gasteiger partial charge in [-0.1, -0.05) is 0 Å². The summed E-state index contributed by atoms with van der Waals surface area (Å²) in [6.07, 6.45) is -2.53. The minimum atomic E-state index is -0.913. The normalized spacial score (nSPS) is 16.8. The predicted octanol–water partition coefficient (Wildman–Crippen LogP) is 6.59. The van der Waals surface area contributed by atoms with Crippen molar-refractivity contribution in [2.24, 2.45) is 0 Å². The van der Waals surface area contributed by atoms with Gasteiger partial charge in [-0.3, -0.25) is 19.8 Å². The Bertz CT molecular complexity index is 1890. The van der Waals surface area contributed by atoms with Gasteiger partial charge in [0, 0.05) is 32.5 Å². The lowest BCUT2D eigenvalue weighted by molar-refractivity contribution is -0.121. The summed E-state index contributed by atoms with van der Waals surface area (Å²) in [5, 5.41) is 7.71. The van der Waals surface area contributed by atoms with E-state index in [1.165, 1.54) is 14.7 Å². The summed E-state index contributed by atoms with van der Waals surface area (Å²) in [5.74, 6) is 0.172. The van der Waals surface area contributed by atoms with Crippen LogP contribution in [-0.2, 0) is 28.5 Å². The van der Waals surface area contributed by atoms with Gasteiger partial charge in [-0.05, 0) is 119 Å². The second kappa shape index (κ2) is 18.3. The van der Waals surface area contributed by atoms with E-state index in [0.29, 0.717) is 34.2 Å². The highest BCUT2D eigenvalue weighted by Gasteiger charge is 2.34. The number of hydrogen-bond donors (Lipinski definition) is 3. The molecule has 0 saturated heterocycles. The maximum absolute atomic E-state index is 12.9. The van der Waals surface area contributed by atoms with Crippen molar-refractivity contribution in [1.82, 2.24) is 10.6 Å². The number of amides is 6. The van der Waals surface area contributed by atoms with Crippen LogP contribution in [0.3, 0.4) is 0 Å². The monoisotopic (exact) mass is 828 g/mol. The van der Waals surface area contributed by atoms with Crippen LogP contribution < -0.4 is 40.1 Å². The van der Waals surface area contributed by atoms with Crippen LogP contribution in [0.25, 0.3) is 0 Å². The Hall–Kier alpha value is -5.94. The molecule has 2 aromatic rings. The molecule has 0 saturated carbocycles. The van der Waals surface area contributed by atoms with Crippen molar-refractivity contribution < 1.29 is 57.2 Å². The molecular formula is C41H60N6O12. The van der Waals surface area contributed by atoms with Crippen LogP contribution in [0.15, 0.2) is 36.4 Å². The quantitative estimate of drug-likeness (QED) is 0.280. The van der Waals surface area contributed by atoms with Crippen LogP contribution in [0.2, 0.25) is 0 Å². The van der Waals surface area contributed by atoms with Crippen LogP contribution >= 0.6 is 0 Å². The number of likely N-dealkylation sites (N-methyl/N-ethyl adjacent to an activating group) is 2. The van der Waals surface area contributed by atoms with Crippen molar-refractivity contribution in [2.45, 2.75) is 118 Å². The summed E-state index contributed by atoms with van der Waals surface area (Å²) in [4.78, 5) is 78.2. The van der Waals surface area contributed by atoms with Gasteiger partial charge >= 0.3 is 24.4 Å². The number of nitrogens with one attached hydrogen (secondary N) is 3. The number of nitrogens with zero attached hydrogens (tertiary/aromatic N) is 3. The van der Waals surface area contributed by atoms with Gasteiger partial charge in [0.05, 0.1) is 11.4 Å². The molecule has 0 radical (unpaired) electrons. The summed E-state index contributed by atoms with van der Waals surface area (Å²) in [5.41, 5.74) is -0.729. The fourth-order valence-corrected chi connectivity index (χ4v) is 5.24. The van der Waals surface area contributed by atoms with E-state index in [-0.39, 0.29) is 25.0 Å². The highest BCUT2D eigenvalue weighted by Crippen LogP contribution is 2.35. The molecule has 0 unspecified atom stereocenters. The molecule has 3 N–H and O–H groups in total. The molecule has 2 aromatic carbocycles.